The monoisotopic (exact) mass is 513 g/mol. The highest BCUT2D eigenvalue weighted by atomic mass is 32.1. The second kappa shape index (κ2) is 9.41. The molecule has 1 aromatic carbocycles. The molecule has 9 heteroatoms. The summed E-state index contributed by atoms with van der Waals surface area (Å²) in [4.78, 5) is 18.3. The minimum absolute atomic E-state index is 0.0483. The van der Waals surface area contributed by atoms with Crippen LogP contribution in [0.3, 0.4) is 0 Å². The minimum Gasteiger partial charge on any atom is -0.478 e. The van der Waals surface area contributed by atoms with Gasteiger partial charge in [0, 0.05) is 36.1 Å². The molecule has 0 amide bonds. The van der Waals surface area contributed by atoms with E-state index in [-0.39, 0.29) is 17.1 Å². The molecule has 7 nitrogen and oxygen atoms in total. The summed E-state index contributed by atoms with van der Waals surface area (Å²) in [6, 6.07) is 3.16. The Labute approximate surface area is 213 Å². The highest BCUT2D eigenvalue weighted by molar-refractivity contribution is 7.22. The smallest absolute Gasteiger partial charge is 0.335 e. The second-order valence-electron chi connectivity index (χ2n) is 10.7. The number of fused-ring (bicyclic) bond motifs is 1. The summed E-state index contributed by atoms with van der Waals surface area (Å²) in [6.07, 6.45) is 7.45. The zero-order valence-corrected chi connectivity index (χ0v) is 21.5. The van der Waals surface area contributed by atoms with Crippen molar-refractivity contribution in [2.75, 3.05) is 11.5 Å². The first-order valence-electron chi connectivity index (χ1n) is 13.1. The van der Waals surface area contributed by atoms with Crippen molar-refractivity contribution in [2.24, 2.45) is 5.92 Å². The van der Waals surface area contributed by atoms with E-state index in [0.717, 1.165) is 48.3 Å². The molecule has 2 aromatic heterocycles. The van der Waals surface area contributed by atoms with Gasteiger partial charge < -0.3 is 19.3 Å². The fourth-order valence-electron chi connectivity index (χ4n) is 5.70. The predicted molar refractivity (Wildman–Crippen MR) is 135 cm³/mol. The number of carbonyl (C=O) groups is 1. The van der Waals surface area contributed by atoms with Gasteiger partial charge in [0.1, 0.15) is 11.3 Å². The maximum absolute atomic E-state index is 14.6. The van der Waals surface area contributed by atoms with Gasteiger partial charge in [0.05, 0.1) is 22.6 Å². The fraction of sp³-hybridized carbons (Fsp3) is 0.593. The van der Waals surface area contributed by atoms with Crippen LogP contribution in [0.4, 0.5) is 9.52 Å². The first-order chi connectivity index (χ1) is 17.4. The molecule has 192 valence electrons. The number of benzene rings is 1. The van der Waals surface area contributed by atoms with Crippen molar-refractivity contribution in [2.45, 2.75) is 89.3 Å². The van der Waals surface area contributed by atoms with Crippen LogP contribution in [0.5, 0.6) is 0 Å². The largest absolute Gasteiger partial charge is 0.478 e. The molecular weight excluding hydrogens is 481 g/mol. The summed E-state index contributed by atoms with van der Waals surface area (Å²) in [5.41, 5.74) is 2.49. The number of ether oxygens (including phenoxy) is 1. The lowest BCUT2D eigenvalue weighted by molar-refractivity contribution is 0.0696. The number of carboxylic acids is 1. The molecule has 4 atom stereocenters. The molecule has 3 fully saturated rings. The van der Waals surface area contributed by atoms with Gasteiger partial charge in [-0.25, -0.2) is 14.2 Å². The third-order valence-electron chi connectivity index (χ3n) is 8.10. The number of aromatic nitrogens is 2. The number of halogens is 1. The first kappa shape index (κ1) is 23.9. The van der Waals surface area contributed by atoms with Crippen molar-refractivity contribution in [1.29, 1.82) is 0 Å². The normalized spacial score (nSPS) is 25.7. The average molecular weight is 514 g/mol. The topological polar surface area (TPSA) is 88.7 Å². The molecule has 1 N–H and O–H groups in total. The molecule has 6 rings (SSSR count). The maximum atomic E-state index is 14.6. The van der Waals surface area contributed by atoms with E-state index in [9.17, 15) is 14.3 Å². The Morgan fingerprint density at radius 3 is 2.75 bits per heavy atom. The van der Waals surface area contributed by atoms with Gasteiger partial charge in [-0.15, -0.1) is 0 Å². The number of nitrogens with zero attached hydrogens (tertiary/aromatic N) is 3. The Kier molecular flexibility index (Phi) is 6.24. The summed E-state index contributed by atoms with van der Waals surface area (Å²) in [6.45, 7) is 5.59. The molecule has 3 aromatic rings. The van der Waals surface area contributed by atoms with Crippen LogP contribution in [-0.2, 0) is 11.3 Å². The molecule has 0 radical (unpaired) electrons. The molecule has 2 aliphatic carbocycles. The Hall–Kier alpha value is -2.52. The van der Waals surface area contributed by atoms with E-state index in [1.54, 1.807) is 0 Å². The maximum Gasteiger partial charge on any atom is 0.335 e. The Balaban J connectivity index is 1.15. The van der Waals surface area contributed by atoms with Crippen molar-refractivity contribution in [3.8, 4) is 0 Å². The van der Waals surface area contributed by atoms with Crippen LogP contribution < -0.4 is 4.90 Å². The van der Waals surface area contributed by atoms with Crippen molar-refractivity contribution >= 4 is 32.7 Å². The van der Waals surface area contributed by atoms with Crippen molar-refractivity contribution in [3.05, 3.63) is 40.5 Å². The summed E-state index contributed by atoms with van der Waals surface area (Å²) in [5.74, 6) is 1.01. The molecule has 0 bridgehead atoms. The summed E-state index contributed by atoms with van der Waals surface area (Å²) >= 11 is 1.37. The van der Waals surface area contributed by atoms with E-state index < -0.39 is 11.8 Å². The van der Waals surface area contributed by atoms with Gasteiger partial charge in [0.2, 0.25) is 0 Å². The number of hydrogen-bond donors (Lipinski definition) is 1. The number of rotatable bonds is 10. The van der Waals surface area contributed by atoms with Crippen LogP contribution in [-0.4, -0.2) is 39.9 Å². The number of hydrogen-bond acceptors (Lipinski definition) is 7. The number of carboxylic acid groups (broad SMARTS) is 1. The predicted octanol–water partition coefficient (Wildman–Crippen LogP) is 6.48. The molecule has 0 spiro atoms. The van der Waals surface area contributed by atoms with Crippen LogP contribution in [0.25, 0.3) is 10.2 Å². The minimum atomic E-state index is -1.13. The average Bonchev–Trinajstić information content (AvgIpc) is 3.67. The van der Waals surface area contributed by atoms with E-state index in [4.69, 9.17) is 9.26 Å². The van der Waals surface area contributed by atoms with Gasteiger partial charge in [-0.2, -0.15) is 0 Å². The van der Waals surface area contributed by atoms with Crippen LogP contribution in [0.15, 0.2) is 16.7 Å². The van der Waals surface area contributed by atoms with Crippen molar-refractivity contribution < 1.29 is 23.6 Å². The third kappa shape index (κ3) is 4.41. The fourth-order valence-corrected chi connectivity index (χ4v) is 6.87. The lowest BCUT2D eigenvalue weighted by Gasteiger charge is -2.29. The van der Waals surface area contributed by atoms with Crippen LogP contribution in [0.1, 0.15) is 98.0 Å². The zero-order chi connectivity index (χ0) is 25.0. The molecular formula is C27H32FN3O4S. The lowest BCUT2D eigenvalue weighted by atomic mass is 10.1. The summed E-state index contributed by atoms with van der Waals surface area (Å²) in [7, 11) is 0. The zero-order valence-electron chi connectivity index (χ0n) is 20.7. The van der Waals surface area contributed by atoms with Crippen molar-refractivity contribution in [1.82, 2.24) is 10.1 Å². The standard InChI is InChI=1S/C27H32FN3O4S/c1-3-17-6-7-18(31(17)27-29-24-21(28)11-16(26(32)33)12-22(24)36-27)8-9-34-13-20-23(19-10-14(19)2)30-35-25(20)15-4-5-15/h11-12,14-15,17-19H,3-10,13H2,1-2H3,(H,32,33)/t14?,17?,18-,19?/m0/s1. The molecule has 2 saturated carbocycles. The van der Waals surface area contributed by atoms with Gasteiger partial charge in [-0.05, 0) is 63.0 Å². The highest BCUT2D eigenvalue weighted by Crippen LogP contribution is 2.51. The van der Waals surface area contributed by atoms with Gasteiger partial charge in [-0.3, -0.25) is 0 Å². The Morgan fingerprint density at radius 2 is 2.06 bits per heavy atom. The van der Waals surface area contributed by atoms with E-state index in [2.05, 4.69) is 28.9 Å². The van der Waals surface area contributed by atoms with Crippen molar-refractivity contribution in [3.63, 3.8) is 0 Å². The summed E-state index contributed by atoms with van der Waals surface area (Å²) in [5, 5.41) is 14.5. The molecule has 36 heavy (non-hydrogen) atoms. The molecule has 3 heterocycles. The first-order valence-corrected chi connectivity index (χ1v) is 13.9. The lowest BCUT2D eigenvalue weighted by Crippen LogP contribution is -2.36. The molecule has 1 saturated heterocycles. The Bertz CT molecular complexity index is 1290. The quantitative estimate of drug-likeness (QED) is 0.311. The molecule has 3 aliphatic rings. The Morgan fingerprint density at radius 1 is 1.28 bits per heavy atom. The third-order valence-corrected chi connectivity index (χ3v) is 9.11. The van der Waals surface area contributed by atoms with E-state index in [0.29, 0.717) is 41.7 Å². The highest BCUT2D eigenvalue weighted by Gasteiger charge is 2.41. The van der Waals surface area contributed by atoms with Crippen LogP contribution in [0, 0.1) is 11.7 Å². The number of aromatic carboxylic acids is 1. The second-order valence-corrected chi connectivity index (χ2v) is 11.7. The van der Waals surface area contributed by atoms with Crippen LogP contribution in [0.2, 0.25) is 0 Å². The summed E-state index contributed by atoms with van der Waals surface area (Å²) < 4.78 is 27.1. The molecule has 3 unspecified atom stereocenters. The molecule has 1 aliphatic heterocycles. The van der Waals surface area contributed by atoms with E-state index in [1.165, 1.54) is 42.2 Å². The van der Waals surface area contributed by atoms with Gasteiger partial charge >= 0.3 is 5.97 Å². The van der Waals surface area contributed by atoms with E-state index >= 15 is 0 Å². The number of thiazole rings is 1. The van der Waals surface area contributed by atoms with Gasteiger partial charge in [0.15, 0.2) is 10.9 Å². The SMILES string of the molecule is CCC1CC[C@@H](CCOCc2c(C3CC3C)noc2C2CC2)N1c1nc2c(F)cc(C(=O)O)cc2s1. The van der Waals surface area contributed by atoms with E-state index in [1.807, 2.05) is 0 Å². The van der Waals surface area contributed by atoms with Gasteiger partial charge in [-0.1, -0.05) is 30.3 Å². The number of anilines is 1. The van der Waals surface area contributed by atoms with Crippen LogP contribution >= 0.6 is 11.3 Å². The van der Waals surface area contributed by atoms with Gasteiger partial charge in [0.25, 0.3) is 0 Å².